The fourth-order valence-corrected chi connectivity index (χ4v) is 3.67. The predicted octanol–water partition coefficient (Wildman–Crippen LogP) is 2.17. The first-order valence-electron chi connectivity index (χ1n) is 9.61. The molecule has 0 aliphatic heterocycles. The number of pyridine rings is 1. The number of carbonyl (C=O) groups is 4. The van der Waals surface area contributed by atoms with Crippen LogP contribution < -0.4 is 0 Å². The molecule has 166 valence electrons. The van der Waals surface area contributed by atoms with Gasteiger partial charge in [0.05, 0.1) is 11.1 Å². The van der Waals surface area contributed by atoms with Crippen LogP contribution in [0, 0.1) is 0 Å². The van der Waals surface area contributed by atoms with E-state index in [0.717, 1.165) is 0 Å². The topological polar surface area (TPSA) is 165 Å². The van der Waals surface area contributed by atoms with E-state index < -0.39 is 42.5 Å². The van der Waals surface area contributed by atoms with Gasteiger partial charge in [-0.1, -0.05) is 18.2 Å². The van der Waals surface area contributed by atoms with Crippen molar-refractivity contribution in [2.24, 2.45) is 0 Å². The summed E-state index contributed by atoms with van der Waals surface area (Å²) in [5, 5.41) is 39.8. The number of aliphatic hydroxyl groups is 1. The van der Waals surface area contributed by atoms with E-state index in [4.69, 9.17) is 10.2 Å². The van der Waals surface area contributed by atoms with Gasteiger partial charge in [-0.2, -0.15) is 0 Å². The standard InChI is InChI=1S/C23H16N2O8/c26-16-8-11-3-1-2-4-15(11)24-20(16)19-21(31)13-6-5-12(7-14(13)22(19)32)23(33)25(9-17(27)28)10-18(29)30/h1-8,26,32H,9-10H2,(H,27,28)(H,29,30). The normalized spacial score (nSPS) is 12.7. The molecule has 10 heteroatoms. The van der Waals surface area contributed by atoms with Gasteiger partial charge in [0.1, 0.15) is 30.3 Å². The first-order chi connectivity index (χ1) is 15.7. The van der Waals surface area contributed by atoms with Crippen LogP contribution in [0.25, 0.3) is 22.2 Å². The minimum Gasteiger partial charge on any atom is -0.506 e. The molecule has 4 rings (SSSR count). The third-order valence-electron chi connectivity index (χ3n) is 5.11. The third-order valence-corrected chi connectivity index (χ3v) is 5.11. The molecule has 1 amide bonds. The molecule has 3 aromatic rings. The second-order valence-corrected chi connectivity index (χ2v) is 7.31. The van der Waals surface area contributed by atoms with Gasteiger partial charge >= 0.3 is 11.9 Å². The molecule has 0 saturated heterocycles. The summed E-state index contributed by atoms with van der Waals surface area (Å²) < 4.78 is 0. The number of aromatic nitrogens is 1. The number of fused-ring (bicyclic) bond motifs is 2. The summed E-state index contributed by atoms with van der Waals surface area (Å²) in [5.74, 6) is -5.14. The number of benzene rings is 2. The first-order valence-corrected chi connectivity index (χ1v) is 9.61. The van der Waals surface area contributed by atoms with E-state index in [9.17, 15) is 29.4 Å². The zero-order valence-electron chi connectivity index (χ0n) is 16.8. The Bertz CT molecular complexity index is 1380. The molecule has 0 fully saturated rings. The van der Waals surface area contributed by atoms with Crippen molar-refractivity contribution in [2.45, 2.75) is 0 Å². The molecule has 0 unspecified atom stereocenters. The van der Waals surface area contributed by atoms with E-state index >= 15 is 0 Å². The lowest BCUT2D eigenvalue weighted by atomic mass is 10.0. The van der Waals surface area contributed by atoms with Gasteiger partial charge in [-0.3, -0.25) is 19.2 Å². The maximum Gasteiger partial charge on any atom is 0.323 e. The number of carboxylic acids is 2. The second kappa shape index (κ2) is 8.08. The van der Waals surface area contributed by atoms with Crippen LogP contribution in [0.1, 0.15) is 32.0 Å². The SMILES string of the molecule is O=C(O)CN(CC(=O)O)C(=O)c1ccc2c(c1)C(O)=C(c1nc3ccccc3cc1O)C2=O. The lowest BCUT2D eigenvalue weighted by Crippen LogP contribution is -2.39. The van der Waals surface area contributed by atoms with Crippen molar-refractivity contribution in [2.75, 3.05) is 13.1 Å². The number of amides is 1. The van der Waals surface area contributed by atoms with Crippen LogP contribution in [0.5, 0.6) is 5.75 Å². The summed E-state index contributed by atoms with van der Waals surface area (Å²) in [5.41, 5.74) is 0.0393. The summed E-state index contributed by atoms with van der Waals surface area (Å²) >= 11 is 0. The summed E-state index contributed by atoms with van der Waals surface area (Å²) in [6.45, 7) is -1.69. The minimum absolute atomic E-state index is 0.0131. The number of hydrogen-bond acceptors (Lipinski definition) is 7. The van der Waals surface area contributed by atoms with E-state index in [0.29, 0.717) is 15.8 Å². The van der Waals surface area contributed by atoms with Gasteiger partial charge in [0.25, 0.3) is 5.91 Å². The average Bonchev–Trinajstić information content (AvgIpc) is 3.01. The number of aliphatic hydroxyl groups excluding tert-OH is 1. The van der Waals surface area contributed by atoms with Gasteiger partial charge in [0.15, 0.2) is 5.78 Å². The molecule has 0 bridgehead atoms. The lowest BCUT2D eigenvalue weighted by Gasteiger charge is -2.18. The van der Waals surface area contributed by atoms with Gasteiger partial charge in [0, 0.05) is 22.1 Å². The Hall–Kier alpha value is -4.73. The highest BCUT2D eigenvalue weighted by Crippen LogP contribution is 2.40. The monoisotopic (exact) mass is 448 g/mol. The van der Waals surface area contributed by atoms with Crippen LogP contribution in [0.2, 0.25) is 0 Å². The number of aromatic hydroxyl groups is 1. The molecule has 0 spiro atoms. The molecular weight excluding hydrogens is 432 g/mol. The van der Waals surface area contributed by atoms with E-state index in [-0.39, 0.29) is 33.7 Å². The predicted molar refractivity (Wildman–Crippen MR) is 115 cm³/mol. The van der Waals surface area contributed by atoms with Crippen LogP contribution >= 0.6 is 0 Å². The number of para-hydroxylation sites is 1. The van der Waals surface area contributed by atoms with Crippen molar-refractivity contribution < 1.29 is 39.6 Å². The quantitative estimate of drug-likeness (QED) is 0.442. The Morgan fingerprint density at radius 1 is 0.879 bits per heavy atom. The van der Waals surface area contributed by atoms with Crippen LogP contribution in [-0.4, -0.2) is 67.0 Å². The Balaban J connectivity index is 1.77. The van der Waals surface area contributed by atoms with Crippen molar-refractivity contribution in [3.05, 3.63) is 70.9 Å². The van der Waals surface area contributed by atoms with Gasteiger partial charge in [-0.05, 0) is 30.3 Å². The maximum absolute atomic E-state index is 13.0. The zero-order valence-corrected chi connectivity index (χ0v) is 16.8. The molecule has 10 nitrogen and oxygen atoms in total. The highest BCUT2D eigenvalue weighted by atomic mass is 16.4. The summed E-state index contributed by atoms with van der Waals surface area (Å²) in [6, 6.07) is 12.0. The molecule has 0 saturated carbocycles. The van der Waals surface area contributed by atoms with Gasteiger partial charge < -0.3 is 25.3 Å². The number of rotatable bonds is 6. The number of carboxylic acid groups (broad SMARTS) is 2. The van der Waals surface area contributed by atoms with E-state index in [2.05, 4.69) is 4.98 Å². The molecule has 4 N–H and O–H groups in total. The number of hydrogen-bond donors (Lipinski definition) is 4. The van der Waals surface area contributed by atoms with E-state index in [1.54, 1.807) is 24.3 Å². The number of aliphatic carboxylic acids is 2. The van der Waals surface area contributed by atoms with Crippen LogP contribution in [-0.2, 0) is 9.59 Å². The van der Waals surface area contributed by atoms with Crippen molar-refractivity contribution in [3.8, 4) is 5.75 Å². The molecule has 1 aliphatic rings. The van der Waals surface area contributed by atoms with Crippen LogP contribution in [0.15, 0.2) is 48.5 Å². The number of Topliss-reactive ketones (excluding diaryl/α,β-unsaturated/α-hetero) is 1. The van der Waals surface area contributed by atoms with Crippen molar-refractivity contribution in [1.82, 2.24) is 9.88 Å². The number of ketones is 1. The van der Waals surface area contributed by atoms with Crippen molar-refractivity contribution in [3.63, 3.8) is 0 Å². The number of carbonyl (C=O) groups excluding carboxylic acids is 2. The van der Waals surface area contributed by atoms with Crippen LogP contribution in [0.3, 0.4) is 0 Å². The minimum atomic E-state index is -1.40. The van der Waals surface area contributed by atoms with Gasteiger partial charge in [0.2, 0.25) is 0 Å². The second-order valence-electron chi connectivity index (χ2n) is 7.31. The smallest absolute Gasteiger partial charge is 0.323 e. The Labute approximate surface area is 185 Å². The Kier molecular flexibility index (Phi) is 5.26. The highest BCUT2D eigenvalue weighted by Gasteiger charge is 2.34. The average molecular weight is 448 g/mol. The molecule has 2 aromatic carbocycles. The van der Waals surface area contributed by atoms with Crippen molar-refractivity contribution >= 4 is 45.9 Å². The first kappa shape index (κ1) is 21.5. The summed E-state index contributed by atoms with van der Waals surface area (Å²) in [6.07, 6.45) is 0. The fourth-order valence-electron chi connectivity index (χ4n) is 3.67. The molecule has 1 heterocycles. The molecule has 1 aromatic heterocycles. The molecule has 0 atom stereocenters. The molecular formula is C23H16N2O8. The van der Waals surface area contributed by atoms with Gasteiger partial charge in [-0.15, -0.1) is 0 Å². The van der Waals surface area contributed by atoms with Crippen LogP contribution in [0.4, 0.5) is 0 Å². The van der Waals surface area contributed by atoms with Crippen molar-refractivity contribution in [1.29, 1.82) is 0 Å². The zero-order chi connectivity index (χ0) is 23.9. The fraction of sp³-hybridized carbons (Fsp3) is 0.0870. The maximum atomic E-state index is 13.0. The Morgan fingerprint density at radius 3 is 2.21 bits per heavy atom. The summed E-state index contributed by atoms with van der Waals surface area (Å²) in [7, 11) is 0. The number of nitrogens with zero attached hydrogens (tertiary/aromatic N) is 2. The highest BCUT2D eigenvalue weighted by molar-refractivity contribution is 6.39. The Morgan fingerprint density at radius 2 is 1.55 bits per heavy atom. The lowest BCUT2D eigenvalue weighted by molar-refractivity contribution is -0.140. The number of allylic oxidation sites excluding steroid dienone is 1. The molecule has 0 radical (unpaired) electrons. The largest absolute Gasteiger partial charge is 0.506 e. The third kappa shape index (κ3) is 3.85. The van der Waals surface area contributed by atoms with E-state index in [1.807, 2.05) is 0 Å². The van der Waals surface area contributed by atoms with E-state index in [1.165, 1.54) is 24.3 Å². The molecule has 1 aliphatic carbocycles. The summed E-state index contributed by atoms with van der Waals surface area (Å²) in [4.78, 5) is 52.7. The molecule has 33 heavy (non-hydrogen) atoms. The van der Waals surface area contributed by atoms with Gasteiger partial charge in [-0.25, -0.2) is 4.98 Å².